The van der Waals surface area contributed by atoms with E-state index < -0.39 is 0 Å². The summed E-state index contributed by atoms with van der Waals surface area (Å²) in [6.45, 7) is 5.62. The predicted molar refractivity (Wildman–Crippen MR) is 187 cm³/mol. The van der Waals surface area contributed by atoms with Crippen molar-refractivity contribution in [2.24, 2.45) is 0 Å². The number of unbranched alkanes of at least 4 members (excludes halogenated alkanes) is 17. The van der Waals surface area contributed by atoms with E-state index in [-0.39, 0.29) is 12.1 Å². The van der Waals surface area contributed by atoms with Crippen LogP contribution in [0.15, 0.2) is 36.5 Å². The Bertz CT molecular complexity index is 636. The number of rotatable bonds is 32. The zero-order chi connectivity index (χ0) is 30.8. The molecule has 0 amide bonds. The van der Waals surface area contributed by atoms with Crippen LogP contribution in [-0.4, -0.2) is 37.6 Å². The fourth-order valence-electron chi connectivity index (χ4n) is 5.26. The van der Waals surface area contributed by atoms with E-state index in [2.05, 4.69) is 69.3 Å². The Morgan fingerprint density at radius 1 is 0.524 bits per heavy atom. The Morgan fingerprint density at radius 2 is 0.952 bits per heavy atom. The van der Waals surface area contributed by atoms with Gasteiger partial charge in [0.2, 0.25) is 0 Å². The molecule has 0 radical (unpaired) electrons. The SMILES string of the molecule is CCCCC/C=C\CCCCCCCC/C=C/CCC(CCCC/C=C/CCCCC)OC(=O)CCCCCN(C)C. The Morgan fingerprint density at radius 3 is 1.45 bits per heavy atom. The van der Waals surface area contributed by atoms with Crippen LogP contribution in [0.4, 0.5) is 0 Å². The van der Waals surface area contributed by atoms with Crippen molar-refractivity contribution < 1.29 is 9.53 Å². The van der Waals surface area contributed by atoms with Crippen molar-refractivity contribution in [1.29, 1.82) is 0 Å². The van der Waals surface area contributed by atoms with E-state index in [1.54, 1.807) is 0 Å². The fraction of sp³-hybridized carbons (Fsp3) is 0.821. The summed E-state index contributed by atoms with van der Waals surface area (Å²) in [6.07, 6.45) is 45.5. The maximum Gasteiger partial charge on any atom is 0.306 e. The van der Waals surface area contributed by atoms with E-state index in [1.165, 1.54) is 109 Å². The van der Waals surface area contributed by atoms with Crippen molar-refractivity contribution in [3.05, 3.63) is 36.5 Å². The lowest BCUT2D eigenvalue weighted by Gasteiger charge is -2.17. The second-order valence-corrected chi connectivity index (χ2v) is 12.7. The molecule has 0 aliphatic carbocycles. The van der Waals surface area contributed by atoms with E-state index in [0.29, 0.717) is 6.42 Å². The highest BCUT2D eigenvalue weighted by Gasteiger charge is 2.13. The minimum Gasteiger partial charge on any atom is -0.462 e. The van der Waals surface area contributed by atoms with Crippen LogP contribution in [-0.2, 0) is 9.53 Å². The number of ether oxygens (including phenoxy) is 1. The molecule has 3 heteroatoms. The minimum absolute atomic E-state index is 0.00708. The monoisotopic (exact) mass is 588 g/mol. The van der Waals surface area contributed by atoms with Gasteiger partial charge in [-0.3, -0.25) is 4.79 Å². The summed E-state index contributed by atoms with van der Waals surface area (Å²) in [4.78, 5) is 14.7. The summed E-state index contributed by atoms with van der Waals surface area (Å²) < 4.78 is 5.97. The topological polar surface area (TPSA) is 29.5 Å². The second kappa shape index (κ2) is 34.1. The number of hydrogen-bond donors (Lipinski definition) is 0. The van der Waals surface area contributed by atoms with Gasteiger partial charge in [0.25, 0.3) is 0 Å². The van der Waals surface area contributed by atoms with Gasteiger partial charge in [-0.25, -0.2) is 0 Å². The van der Waals surface area contributed by atoms with E-state index in [1.807, 2.05) is 0 Å². The number of hydrogen-bond acceptors (Lipinski definition) is 3. The lowest BCUT2D eigenvalue weighted by molar-refractivity contribution is -0.149. The molecule has 0 aromatic heterocycles. The smallest absolute Gasteiger partial charge is 0.306 e. The van der Waals surface area contributed by atoms with Gasteiger partial charge in [0.15, 0.2) is 0 Å². The number of allylic oxidation sites excluding steroid dienone is 6. The van der Waals surface area contributed by atoms with Gasteiger partial charge in [-0.2, -0.15) is 0 Å². The summed E-state index contributed by atoms with van der Waals surface area (Å²) in [7, 11) is 4.21. The molecule has 0 spiro atoms. The molecule has 42 heavy (non-hydrogen) atoms. The van der Waals surface area contributed by atoms with Crippen molar-refractivity contribution in [1.82, 2.24) is 4.90 Å². The first kappa shape index (κ1) is 40.6. The van der Waals surface area contributed by atoms with E-state index in [9.17, 15) is 4.79 Å². The Kier molecular flexibility index (Phi) is 33.0. The van der Waals surface area contributed by atoms with E-state index in [0.717, 1.165) is 57.9 Å². The Hall–Kier alpha value is -1.35. The third-order valence-electron chi connectivity index (χ3n) is 8.03. The van der Waals surface area contributed by atoms with Crippen molar-refractivity contribution >= 4 is 5.97 Å². The zero-order valence-electron chi connectivity index (χ0n) is 28.9. The number of carbonyl (C=O) groups is 1. The van der Waals surface area contributed by atoms with Crippen LogP contribution in [0.25, 0.3) is 0 Å². The number of carbonyl (C=O) groups excluding carboxylic acids is 1. The summed E-state index contributed by atoms with van der Waals surface area (Å²) in [5, 5.41) is 0. The van der Waals surface area contributed by atoms with Crippen molar-refractivity contribution in [2.45, 2.75) is 187 Å². The molecular weight excluding hydrogens is 514 g/mol. The maximum atomic E-state index is 12.5. The van der Waals surface area contributed by atoms with Gasteiger partial charge in [0.1, 0.15) is 6.10 Å². The van der Waals surface area contributed by atoms with Gasteiger partial charge in [-0.1, -0.05) is 108 Å². The minimum atomic E-state index is 0.00708. The molecule has 0 N–H and O–H groups in total. The molecule has 1 unspecified atom stereocenters. The third kappa shape index (κ3) is 33.2. The van der Waals surface area contributed by atoms with Crippen LogP contribution < -0.4 is 0 Å². The quantitative estimate of drug-likeness (QED) is 0.0445. The van der Waals surface area contributed by atoms with Crippen LogP contribution in [0.1, 0.15) is 181 Å². The van der Waals surface area contributed by atoms with Crippen LogP contribution in [0, 0.1) is 0 Å². The average molecular weight is 588 g/mol. The molecule has 0 aliphatic heterocycles. The maximum absolute atomic E-state index is 12.5. The third-order valence-corrected chi connectivity index (χ3v) is 8.03. The predicted octanol–water partition coefficient (Wildman–Crippen LogP) is 12.3. The van der Waals surface area contributed by atoms with Crippen LogP contribution >= 0.6 is 0 Å². The zero-order valence-corrected chi connectivity index (χ0v) is 28.9. The lowest BCUT2D eigenvalue weighted by atomic mass is 10.0. The summed E-state index contributed by atoms with van der Waals surface area (Å²) in [5.41, 5.74) is 0. The van der Waals surface area contributed by atoms with Crippen LogP contribution in [0.2, 0.25) is 0 Å². The molecule has 0 rings (SSSR count). The van der Waals surface area contributed by atoms with Crippen LogP contribution in [0.5, 0.6) is 0 Å². The largest absolute Gasteiger partial charge is 0.462 e. The number of esters is 1. The molecule has 0 saturated carbocycles. The van der Waals surface area contributed by atoms with E-state index >= 15 is 0 Å². The second-order valence-electron chi connectivity index (χ2n) is 12.7. The molecular formula is C39H73NO2. The molecule has 0 bridgehead atoms. The van der Waals surface area contributed by atoms with Gasteiger partial charge in [-0.15, -0.1) is 0 Å². The summed E-state index contributed by atoms with van der Waals surface area (Å²) >= 11 is 0. The van der Waals surface area contributed by atoms with Gasteiger partial charge >= 0.3 is 5.97 Å². The van der Waals surface area contributed by atoms with Gasteiger partial charge < -0.3 is 9.64 Å². The standard InChI is InChI=1S/C39H73NO2/c1-5-7-9-11-13-15-16-17-18-19-20-21-22-24-26-28-31-35-38(34-30-27-25-23-14-12-10-8-6-2)42-39(41)36-32-29-33-37-40(3)4/h13-15,23,26,28,38H,5-12,16-22,24-25,27,29-37H2,1-4H3/b15-13-,23-14+,28-26+. The molecule has 0 aliphatic rings. The van der Waals surface area contributed by atoms with Gasteiger partial charge in [0, 0.05) is 6.42 Å². The molecule has 0 aromatic rings. The van der Waals surface area contributed by atoms with Crippen molar-refractivity contribution in [3.63, 3.8) is 0 Å². The highest BCUT2D eigenvalue weighted by atomic mass is 16.5. The van der Waals surface area contributed by atoms with Crippen LogP contribution in [0.3, 0.4) is 0 Å². The molecule has 0 aromatic carbocycles. The molecule has 1 atom stereocenters. The lowest BCUT2D eigenvalue weighted by Crippen LogP contribution is -2.18. The molecule has 246 valence electrons. The van der Waals surface area contributed by atoms with Crippen molar-refractivity contribution in [3.8, 4) is 0 Å². The normalized spacial score (nSPS) is 12.9. The molecule has 3 nitrogen and oxygen atoms in total. The average Bonchev–Trinajstić information content (AvgIpc) is 2.97. The highest BCUT2D eigenvalue weighted by molar-refractivity contribution is 5.69. The first-order valence-electron chi connectivity index (χ1n) is 18.4. The fourth-order valence-corrected chi connectivity index (χ4v) is 5.26. The first-order chi connectivity index (χ1) is 20.6. The highest BCUT2D eigenvalue weighted by Crippen LogP contribution is 2.16. The summed E-state index contributed by atoms with van der Waals surface area (Å²) in [5.74, 6) is 0.00708. The van der Waals surface area contributed by atoms with Crippen molar-refractivity contribution in [2.75, 3.05) is 20.6 Å². The first-order valence-corrected chi connectivity index (χ1v) is 18.4. The number of nitrogens with zero attached hydrogens (tertiary/aromatic N) is 1. The van der Waals surface area contributed by atoms with E-state index in [4.69, 9.17) is 4.74 Å². The Balaban J connectivity index is 4.08. The van der Waals surface area contributed by atoms with Gasteiger partial charge in [0.05, 0.1) is 0 Å². The van der Waals surface area contributed by atoms with Gasteiger partial charge in [-0.05, 0) is 123 Å². The molecule has 0 fully saturated rings. The summed E-state index contributed by atoms with van der Waals surface area (Å²) in [6, 6.07) is 0. The molecule has 0 heterocycles. The molecule has 0 saturated heterocycles. The Labute approximate surface area is 264 Å².